The summed E-state index contributed by atoms with van der Waals surface area (Å²) in [6, 6.07) is 0. The van der Waals surface area contributed by atoms with Gasteiger partial charge in [0.2, 0.25) is 0 Å². The van der Waals surface area contributed by atoms with E-state index in [4.69, 9.17) is 0 Å². The molecule has 0 aliphatic heterocycles. The van der Waals surface area contributed by atoms with Gasteiger partial charge in [-0.2, -0.15) is 0 Å². The molecule has 0 radical (unpaired) electrons. The van der Waals surface area contributed by atoms with Gasteiger partial charge in [-0.25, -0.2) is 4.98 Å². The van der Waals surface area contributed by atoms with Crippen molar-refractivity contribution in [3.05, 3.63) is 16.1 Å². The molecule has 2 nitrogen and oxygen atoms in total. The minimum atomic E-state index is 0.778. The van der Waals surface area contributed by atoms with E-state index in [1.165, 1.54) is 22.7 Å². The first-order valence-corrected chi connectivity index (χ1v) is 6.72. The summed E-state index contributed by atoms with van der Waals surface area (Å²) in [5, 5.41) is 4.69. The molecule has 0 fully saturated rings. The van der Waals surface area contributed by atoms with Gasteiger partial charge in [0.1, 0.15) is 5.01 Å². The summed E-state index contributed by atoms with van der Waals surface area (Å²) in [5.41, 5.74) is 0. The lowest BCUT2D eigenvalue weighted by molar-refractivity contribution is 0.475. The molecule has 0 aliphatic rings. The molecule has 86 valence electrons. The van der Waals surface area contributed by atoms with Gasteiger partial charge in [0.15, 0.2) is 0 Å². The quantitative estimate of drug-likeness (QED) is 0.772. The fourth-order valence-corrected chi connectivity index (χ4v) is 2.45. The van der Waals surface area contributed by atoms with Crippen molar-refractivity contribution in [2.75, 3.05) is 6.54 Å². The molecule has 3 heteroatoms. The fraction of sp³-hybridized carbons (Fsp3) is 0.750. The Bertz CT molecular complexity index is 270. The van der Waals surface area contributed by atoms with Gasteiger partial charge in [0.05, 0.1) is 0 Å². The molecule has 0 aromatic carbocycles. The maximum Gasteiger partial charge on any atom is 0.107 e. The summed E-state index contributed by atoms with van der Waals surface area (Å²) < 4.78 is 0. The first kappa shape index (κ1) is 12.7. The molecule has 0 bridgehead atoms. The average molecular weight is 226 g/mol. The van der Waals surface area contributed by atoms with E-state index in [9.17, 15) is 0 Å². The van der Waals surface area contributed by atoms with Gasteiger partial charge in [-0.3, -0.25) is 0 Å². The van der Waals surface area contributed by atoms with Crippen molar-refractivity contribution in [3.63, 3.8) is 0 Å². The summed E-state index contributed by atoms with van der Waals surface area (Å²) >= 11 is 1.82. The second kappa shape index (κ2) is 6.96. The predicted octanol–water partition coefficient (Wildman–Crippen LogP) is 3.23. The Hall–Kier alpha value is -0.410. The molecular weight excluding hydrogens is 204 g/mol. The summed E-state index contributed by atoms with van der Waals surface area (Å²) in [5.74, 6) is 0.778. The van der Waals surface area contributed by atoms with Crippen LogP contribution in [0.4, 0.5) is 0 Å². The normalized spacial score (nSPS) is 13.0. The lowest BCUT2D eigenvalue weighted by atomic mass is 10.1. The van der Waals surface area contributed by atoms with E-state index < -0.39 is 0 Å². The molecule has 0 saturated heterocycles. The van der Waals surface area contributed by atoms with Gasteiger partial charge in [0.25, 0.3) is 0 Å². The monoisotopic (exact) mass is 226 g/mol. The number of rotatable bonds is 7. The molecule has 15 heavy (non-hydrogen) atoms. The zero-order valence-corrected chi connectivity index (χ0v) is 10.9. The zero-order valence-electron chi connectivity index (χ0n) is 10.0. The zero-order chi connectivity index (χ0) is 11.1. The lowest BCUT2D eigenvalue weighted by Gasteiger charge is -2.09. The van der Waals surface area contributed by atoms with Crippen molar-refractivity contribution in [1.82, 2.24) is 10.3 Å². The third-order valence-corrected chi connectivity index (χ3v) is 3.64. The van der Waals surface area contributed by atoms with Crippen LogP contribution >= 0.6 is 11.3 Å². The largest absolute Gasteiger partial charge is 0.310 e. The molecule has 1 heterocycles. The van der Waals surface area contributed by atoms with Crippen LogP contribution in [-0.4, -0.2) is 11.5 Å². The third kappa shape index (κ3) is 4.76. The van der Waals surface area contributed by atoms with Crippen molar-refractivity contribution in [2.45, 2.75) is 46.6 Å². The van der Waals surface area contributed by atoms with Crippen LogP contribution in [0.25, 0.3) is 0 Å². The molecule has 1 aromatic rings. The minimum absolute atomic E-state index is 0.778. The maximum absolute atomic E-state index is 4.39. The SMILES string of the molecule is CCCC(C)CNCc1ncc(CC)s1. The summed E-state index contributed by atoms with van der Waals surface area (Å²) in [7, 11) is 0. The fourth-order valence-electron chi connectivity index (χ4n) is 1.61. The van der Waals surface area contributed by atoms with Gasteiger partial charge >= 0.3 is 0 Å². The molecule has 1 N–H and O–H groups in total. The first-order chi connectivity index (χ1) is 7.26. The standard InChI is InChI=1S/C12H22N2S/c1-4-6-10(3)7-13-9-12-14-8-11(5-2)15-12/h8,10,13H,4-7,9H2,1-3H3. The van der Waals surface area contributed by atoms with Crippen LogP contribution in [0.15, 0.2) is 6.20 Å². The number of aryl methyl sites for hydroxylation is 1. The Morgan fingerprint density at radius 3 is 2.87 bits per heavy atom. The highest BCUT2D eigenvalue weighted by molar-refractivity contribution is 7.11. The molecule has 0 amide bonds. The van der Waals surface area contributed by atoms with Crippen molar-refractivity contribution in [3.8, 4) is 0 Å². The molecule has 0 spiro atoms. The first-order valence-electron chi connectivity index (χ1n) is 5.90. The minimum Gasteiger partial charge on any atom is -0.310 e. The Morgan fingerprint density at radius 2 is 2.27 bits per heavy atom. The Morgan fingerprint density at radius 1 is 1.47 bits per heavy atom. The van der Waals surface area contributed by atoms with Gasteiger partial charge in [-0.05, 0) is 25.3 Å². The van der Waals surface area contributed by atoms with Gasteiger partial charge in [0, 0.05) is 17.6 Å². The molecule has 1 atom stereocenters. The van der Waals surface area contributed by atoms with E-state index in [0.29, 0.717) is 0 Å². The van der Waals surface area contributed by atoms with Crippen molar-refractivity contribution in [1.29, 1.82) is 0 Å². The van der Waals surface area contributed by atoms with Crippen LogP contribution in [0, 0.1) is 5.92 Å². The average Bonchev–Trinajstić information content (AvgIpc) is 2.66. The lowest BCUT2D eigenvalue weighted by Crippen LogP contribution is -2.20. The number of nitrogens with one attached hydrogen (secondary N) is 1. The van der Waals surface area contributed by atoms with Crippen LogP contribution in [0.3, 0.4) is 0 Å². The number of thiazole rings is 1. The number of nitrogens with zero attached hydrogens (tertiary/aromatic N) is 1. The third-order valence-electron chi connectivity index (χ3n) is 2.50. The van der Waals surface area contributed by atoms with E-state index in [1.54, 1.807) is 0 Å². The van der Waals surface area contributed by atoms with Crippen LogP contribution in [0.1, 0.15) is 43.5 Å². The summed E-state index contributed by atoms with van der Waals surface area (Å²) in [6.45, 7) is 8.75. The van der Waals surface area contributed by atoms with E-state index in [2.05, 4.69) is 31.1 Å². The smallest absolute Gasteiger partial charge is 0.107 e. The van der Waals surface area contributed by atoms with E-state index in [1.807, 2.05) is 17.5 Å². The summed E-state index contributed by atoms with van der Waals surface area (Å²) in [6.07, 6.45) is 5.69. The number of hydrogen-bond acceptors (Lipinski definition) is 3. The van der Waals surface area contributed by atoms with Crippen molar-refractivity contribution >= 4 is 11.3 Å². The predicted molar refractivity (Wildman–Crippen MR) is 67.3 cm³/mol. The highest BCUT2D eigenvalue weighted by Crippen LogP contribution is 2.13. The van der Waals surface area contributed by atoms with Crippen LogP contribution in [0.2, 0.25) is 0 Å². The van der Waals surface area contributed by atoms with Gasteiger partial charge < -0.3 is 5.32 Å². The van der Waals surface area contributed by atoms with Gasteiger partial charge in [-0.15, -0.1) is 11.3 Å². The van der Waals surface area contributed by atoms with E-state index in [-0.39, 0.29) is 0 Å². The van der Waals surface area contributed by atoms with Crippen molar-refractivity contribution < 1.29 is 0 Å². The van der Waals surface area contributed by atoms with Crippen LogP contribution in [0.5, 0.6) is 0 Å². The van der Waals surface area contributed by atoms with Crippen molar-refractivity contribution in [2.24, 2.45) is 5.92 Å². The second-order valence-corrected chi connectivity index (χ2v) is 5.30. The number of aromatic nitrogens is 1. The summed E-state index contributed by atoms with van der Waals surface area (Å²) in [4.78, 5) is 5.77. The molecule has 1 aromatic heterocycles. The van der Waals surface area contributed by atoms with Crippen LogP contribution in [-0.2, 0) is 13.0 Å². The van der Waals surface area contributed by atoms with Crippen LogP contribution < -0.4 is 5.32 Å². The topological polar surface area (TPSA) is 24.9 Å². The molecule has 0 aliphatic carbocycles. The van der Waals surface area contributed by atoms with E-state index in [0.717, 1.165) is 25.4 Å². The maximum atomic E-state index is 4.39. The molecule has 1 unspecified atom stereocenters. The Labute approximate surface area is 97.1 Å². The highest BCUT2D eigenvalue weighted by Gasteiger charge is 2.02. The Kier molecular flexibility index (Phi) is 5.88. The highest BCUT2D eigenvalue weighted by atomic mass is 32.1. The van der Waals surface area contributed by atoms with E-state index >= 15 is 0 Å². The van der Waals surface area contributed by atoms with Gasteiger partial charge in [-0.1, -0.05) is 27.2 Å². The molecular formula is C12H22N2S. The second-order valence-electron chi connectivity index (χ2n) is 4.10. The molecule has 0 saturated carbocycles. The number of hydrogen-bond donors (Lipinski definition) is 1. The molecule has 1 rings (SSSR count). The Balaban J connectivity index is 2.19.